The number of nitro groups is 1. The average molecular weight is 364 g/mol. The van der Waals surface area contributed by atoms with Crippen LogP contribution in [-0.2, 0) is 0 Å². The van der Waals surface area contributed by atoms with Gasteiger partial charge in [0.15, 0.2) is 0 Å². The van der Waals surface area contributed by atoms with Gasteiger partial charge in [-0.05, 0) is 30.9 Å². The standard InChI is InChI=1S/C20H20N4O3/c1-13-5-4-10-23(12-13)17-9-8-14(11-18(17)24(26)27)19-15-6-2-3-7-16(15)20(25)22-21-19/h2-3,6-9,11,13H,4-5,10,12H2,1H3,(H,22,25)/t13-/m0/s1. The van der Waals surface area contributed by atoms with Crippen LogP contribution >= 0.6 is 0 Å². The molecule has 2 heterocycles. The normalized spacial score (nSPS) is 17.2. The third-order valence-corrected chi connectivity index (χ3v) is 5.14. The Kier molecular flexibility index (Phi) is 4.35. The predicted octanol–water partition coefficient (Wildman–Crippen LogP) is 3.73. The van der Waals surface area contributed by atoms with E-state index in [0.717, 1.165) is 25.9 Å². The molecule has 0 amide bonds. The van der Waals surface area contributed by atoms with Crippen LogP contribution in [0.25, 0.3) is 22.0 Å². The molecule has 0 spiro atoms. The highest BCUT2D eigenvalue weighted by Gasteiger charge is 2.25. The van der Waals surface area contributed by atoms with Gasteiger partial charge in [-0.25, -0.2) is 5.10 Å². The zero-order valence-electron chi connectivity index (χ0n) is 15.0. The average Bonchev–Trinajstić information content (AvgIpc) is 2.68. The van der Waals surface area contributed by atoms with Gasteiger partial charge in [0, 0.05) is 30.1 Å². The van der Waals surface area contributed by atoms with E-state index >= 15 is 0 Å². The van der Waals surface area contributed by atoms with Gasteiger partial charge < -0.3 is 4.90 Å². The smallest absolute Gasteiger partial charge is 0.293 e. The fraction of sp³-hybridized carbons (Fsp3) is 0.300. The van der Waals surface area contributed by atoms with Gasteiger partial charge in [0.25, 0.3) is 11.2 Å². The van der Waals surface area contributed by atoms with E-state index in [4.69, 9.17) is 0 Å². The molecule has 138 valence electrons. The van der Waals surface area contributed by atoms with Crippen LogP contribution in [0.1, 0.15) is 19.8 Å². The summed E-state index contributed by atoms with van der Waals surface area (Å²) in [5, 5.41) is 19.6. The molecule has 0 saturated carbocycles. The molecule has 1 saturated heterocycles. The molecule has 1 fully saturated rings. The third-order valence-electron chi connectivity index (χ3n) is 5.14. The van der Waals surface area contributed by atoms with Gasteiger partial charge in [0.2, 0.25) is 0 Å². The molecule has 27 heavy (non-hydrogen) atoms. The summed E-state index contributed by atoms with van der Waals surface area (Å²) < 4.78 is 0. The minimum Gasteiger partial charge on any atom is -0.366 e. The SMILES string of the molecule is C[C@H]1CCCN(c2ccc(-c3n[nH]c(=O)c4ccccc34)cc2[N+](=O)[O-])C1. The van der Waals surface area contributed by atoms with E-state index in [1.54, 1.807) is 30.3 Å². The number of nitrogens with one attached hydrogen (secondary N) is 1. The number of anilines is 1. The van der Waals surface area contributed by atoms with E-state index in [1.807, 2.05) is 12.1 Å². The van der Waals surface area contributed by atoms with Gasteiger partial charge in [-0.3, -0.25) is 14.9 Å². The van der Waals surface area contributed by atoms with Crippen LogP contribution in [0, 0.1) is 16.0 Å². The van der Waals surface area contributed by atoms with E-state index in [0.29, 0.717) is 33.6 Å². The number of fused-ring (bicyclic) bond motifs is 1. The quantitative estimate of drug-likeness (QED) is 0.565. The van der Waals surface area contributed by atoms with Crippen LogP contribution in [0.5, 0.6) is 0 Å². The molecule has 0 bridgehead atoms. The highest BCUT2D eigenvalue weighted by Crippen LogP contribution is 2.36. The molecule has 4 rings (SSSR count). The Morgan fingerprint density at radius 3 is 2.74 bits per heavy atom. The summed E-state index contributed by atoms with van der Waals surface area (Å²) >= 11 is 0. The molecule has 1 aliphatic heterocycles. The van der Waals surface area contributed by atoms with Crippen LogP contribution in [-0.4, -0.2) is 28.2 Å². The minimum atomic E-state index is -0.341. The summed E-state index contributed by atoms with van der Waals surface area (Å²) in [5.74, 6) is 0.517. The van der Waals surface area contributed by atoms with Crippen molar-refractivity contribution in [3.05, 3.63) is 62.9 Å². The highest BCUT2D eigenvalue weighted by molar-refractivity contribution is 5.94. The van der Waals surface area contributed by atoms with Gasteiger partial charge in [0.05, 0.1) is 16.0 Å². The van der Waals surface area contributed by atoms with Crippen LogP contribution in [0.15, 0.2) is 47.3 Å². The van der Waals surface area contributed by atoms with Crippen molar-refractivity contribution in [1.29, 1.82) is 0 Å². The first kappa shape index (κ1) is 17.2. The van der Waals surface area contributed by atoms with E-state index in [1.165, 1.54) is 0 Å². The monoisotopic (exact) mass is 364 g/mol. The van der Waals surface area contributed by atoms with Crippen molar-refractivity contribution in [2.45, 2.75) is 19.8 Å². The number of H-pyrrole nitrogens is 1. The molecule has 0 unspecified atom stereocenters. The van der Waals surface area contributed by atoms with Gasteiger partial charge in [-0.2, -0.15) is 5.10 Å². The first-order valence-corrected chi connectivity index (χ1v) is 9.06. The second-order valence-corrected chi connectivity index (χ2v) is 7.10. The highest BCUT2D eigenvalue weighted by atomic mass is 16.6. The summed E-state index contributed by atoms with van der Waals surface area (Å²) in [4.78, 5) is 25.5. The Morgan fingerprint density at radius 2 is 2.00 bits per heavy atom. The Labute approximate surface area is 155 Å². The van der Waals surface area contributed by atoms with Gasteiger partial charge in [-0.15, -0.1) is 0 Å². The first-order valence-electron chi connectivity index (χ1n) is 9.06. The van der Waals surface area contributed by atoms with Crippen molar-refractivity contribution in [2.24, 2.45) is 5.92 Å². The number of rotatable bonds is 3. The maximum absolute atomic E-state index is 12.0. The summed E-state index contributed by atoms with van der Waals surface area (Å²) in [6.07, 6.45) is 2.18. The lowest BCUT2D eigenvalue weighted by Gasteiger charge is -2.32. The van der Waals surface area contributed by atoms with Crippen molar-refractivity contribution in [3.63, 3.8) is 0 Å². The number of hydrogen-bond acceptors (Lipinski definition) is 5. The summed E-state index contributed by atoms with van der Waals surface area (Å²) in [5.41, 5.74) is 1.58. The maximum atomic E-state index is 12.0. The van der Waals surface area contributed by atoms with Crippen molar-refractivity contribution in [1.82, 2.24) is 10.2 Å². The van der Waals surface area contributed by atoms with Crippen molar-refractivity contribution < 1.29 is 4.92 Å². The molecule has 1 aliphatic rings. The Balaban J connectivity index is 1.84. The molecule has 7 heteroatoms. The van der Waals surface area contributed by atoms with Gasteiger partial charge >= 0.3 is 0 Å². The molecule has 1 N–H and O–H groups in total. The van der Waals surface area contributed by atoms with Crippen LogP contribution in [0.4, 0.5) is 11.4 Å². The zero-order chi connectivity index (χ0) is 19.0. The third kappa shape index (κ3) is 3.16. The number of benzene rings is 2. The van der Waals surface area contributed by atoms with Gasteiger partial charge in [0.1, 0.15) is 5.69 Å². The lowest BCUT2D eigenvalue weighted by Crippen LogP contribution is -2.34. The second kappa shape index (κ2) is 6.83. The summed E-state index contributed by atoms with van der Waals surface area (Å²) in [6, 6.07) is 12.3. The number of hydrogen-bond donors (Lipinski definition) is 1. The number of aromatic nitrogens is 2. The number of piperidine rings is 1. The van der Waals surface area contributed by atoms with Crippen LogP contribution in [0.3, 0.4) is 0 Å². The Hall–Kier alpha value is -3.22. The van der Waals surface area contributed by atoms with Crippen molar-refractivity contribution >= 4 is 22.1 Å². The molecule has 2 aromatic carbocycles. The zero-order valence-corrected chi connectivity index (χ0v) is 15.0. The van der Waals surface area contributed by atoms with Gasteiger partial charge in [-0.1, -0.05) is 31.2 Å². The van der Waals surface area contributed by atoms with E-state index < -0.39 is 0 Å². The molecule has 7 nitrogen and oxygen atoms in total. The molecular weight excluding hydrogens is 344 g/mol. The van der Waals surface area contributed by atoms with E-state index in [2.05, 4.69) is 22.0 Å². The topological polar surface area (TPSA) is 92.1 Å². The molecule has 3 aromatic rings. The van der Waals surface area contributed by atoms with E-state index in [-0.39, 0.29) is 16.2 Å². The molecule has 1 aromatic heterocycles. The second-order valence-electron chi connectivity index (χ2n) is 7.10. The molecule has 1 atom stereocenters. The summed E-state index contributed by atoms with van der Waals surface area (Å²) in [7, 11) is 0. The molecule has 0 aliphatic carbocycles. The predicted molar refractivity (Wildman–Crippen MR) is 105 cm³/mol. The fourth-order valence-corrected chi connectivity index (χ4v) is 3.83. The molecular formula is C20H20N4O3. The lowest BCUT2D eigenvalue weighted by atomic mass is 9.98. The summed E-state index contributed by atoms with van der Waals surface area (Å²) in [6.45, 7) is 3.81. The lowest BCUT2D eigenvalue weighted by molar-refractivity contribution is -0.384. The minimum absolute atomic E-state index is 0.0682. The maximum Gasteiger partial charge on any atom is 0.293 e. The Morgan fingerprint density at radius 1 is 1.22 bits per heavy atom. The number of nitrogens with zero attached hydrogens (tertiary/aromatic N) is 3. The van der Waals surface area contributed by atoms with Crippen molar-refractivity contribution in [2.75, 3.05) is 18.0 Å². The number of aromatic amines is 1. The van der Waals surface area contributed by atoms with Crippen LogP contribution in [0.2, 0.25) is 0 Å². The first-order chi connectivity index (χ1) is 13.0. The van der Waals surface area contributed by atoms with Crippen LogP contribution < -0.4 is 10.5 Å². The largest absolute Gasteiger partial charge is 0.366 e. The number of nitro benzene ring substituents is 1. The van der Waals surface area contributed by atoms with E-state index in [9.17, 15) is 14.9 Å². The fourth-order valence-electron chi connectivity index (χ4n) is 3.83. The Bertz CT molecular complexity index is 1080. The van der Waals surface area contributed by atoms with Crippen molar-refractivity contribution in [3.8, 4) is 11.3 Å². The molecule has 0 radical (unpaired) electrons.